The number of nitrogens with one attached hydrogen (secondary N) is 1. The highest BCUT2D eigenvalue weighted by Gasteiger charge is 2.20. The zero-order valence-electron chi connectivity index (χ0n) is 10.2. The minimum absolute atomic E-state index is 0.509. The van der Waals surface area contributed by atoms with Crippen LogP contribution in [0.3, 0.4) is 0 Å². The first-order valence-electron chi connectivity index (χ1n) is 5.41. The van der Waals surface area contributed by atoms with Crippen LogP contribution in [0.15, 0.2) is 30.6 Å². The summed E-state index contributed by atoms with van der Waals surface area (Å²) >= 11 is 0. The number of ether oxygens (including phenoxy) is 2. The summed E-state index contributed by atoms with van der Waals surface area (Å²) in [6.07, 6.45) is 3.30. The highest BCUT2D eigenvalue weighted by atomic mass is 16.5. The van der Waals surface area contributed by atoms with Gasteiger partial charge < -0.3 is 14.5 Å². The summed E-state index contributed by atoms with van der Waals surface area (Å²) in [6.45, 7) is 0. The van der Waals surface area contributed by atoms with E-state index < -0.39 is 5.92 Å². The quantitative estimate of drug-likeness (QED) is 0.892. The molecule has 1 aromatic carbocycles. The fourth-order valence-corrected chi connectivity index (χ4v) is 1.78. The van der Waals surface area contributed by atoms with Crippen LogP contribution in [0.5, 0.6) is 11.5 Å². The summed E-state index contributed by atoms with van der Waals surface area (Å²) in [7, 11) is 3.15. The average molecular weight is 243 g/mol. The van der Waals surface area contributed by atoms with Crippen LogP contribution in [0.25, 0.3) is 0 Å². The molecule has 5 nitrogen and oxygen atoms in total. The summed E-state index contributed by atoms with van der Waals surface area (Å²) in [5.41, 5.74) is 0.731. The summed E-state index contributed by atoms with van der Waals surface area (Å²) in [6, 6.07) is 7.57. The van der Waals surface area contributed by atoms with E-state index in [0.29, 0.717) is 17.3 Å². The Labute approximate surface area is 105 Å². The van der Waals surface area contributed by atoms with Gasteiger partial charge in [0.15, 0.2) is 0 Å². The van der Waals surface area contributed by atoms with Gasteiger partial charge in [-0.15, -0.1) is 0 Å². The van der Waals surface area contributed by atoms with Gasteiger partial charge in [-0.25, -0.2) is 4.98 Å². The van der Waals surface area contributed by atoms with Crippen LogP contribution in [-0.4, -0.2) is 24.2 Å². The highest BCUT2D eigenvalue weighted by molar-refractivity contribution is 5.47. The molecule has 1 unspecified atom stereocenters. The molecule has 2 rings (SSSR count). The maximum atomic E-state index is 9.33. The molecule has 1 heterocycles. The molecule has 0 bridgehead atoms. The zero-order valence-corrected chi connectivity index (χ0v) is 10.2. The van der Waals surface area contributed by atoms with Crippen molar-refractivity contribution in [2.45, 2.75) is 5.92 Å². The van der Waals surface area contributed by atoms with E-state index in [9.17, 15) is 5.26 Å². The van der Waals surface area contributed by atoms with Gasteiger partial charge in [0.2, 0.25) is 0 Å². The Morgan fingerprint density at radius 3 is 2.72 bits per heavy atom. The molecule has 0 radical (unpaired) electrons. The van der Waals surface area contributed by atoms with Crippen LogP contribution in [0.4, 0.5) is 0 Å². The molecular formula is C13H13N3O2. The van der Waals surface area contributed by atoms with Gasteiger partial charge in [-0.2, -0.15) is 5.26 Å². The SMILES string of the molecule is COc1ccc(OC)c(C(C#N)c2ncc[nH]2)c1. The maximum absolute atomic E-state index is 9.33. The van der Waals surface area contributed by atoms with E-state index in [1.54, 1.807) is 44.8 Å². The number of methoxy groups -OCH3 is 2. The van der Waals surface area contributed by atoms with Crippen molar-refractivity contribution in [3.05, 3.63) is 42.0 Å². The van der Waals surface area contributed by atoms with Gasteiger partial charge in [0.25, 0.3) is 0 Å². The third kappa shape index (κ3) is 2.13. The highest BCUT2D eigenvalue weighted by Crippen LogP contribution is 2.32. The van der Waals surface area contributed by atoms with Gasteiger partial charge in [-0.3, -0.25) is 0 Å². The van der Waals surface area contributed by atoms with Crippen molar-refractivity contribution < 1.29 is 9.47 Å². The van der Waals surface area contributed by atoms with Gasteiger partial charge in [-0.1, -0.05) is 0 Å². The number of H-pyrrole nitrogens is 1. The molecule has 5 heteroatoms. The lowest BCUT2D eigenvalue weighted by Gasteiger charge is -2.13. The van der Waals surface area contributed by atoms with E-state index >= 15 is 0 Å². The minimum Gasteiger partial charge on any atom is -0.497 e. The number of hydrogen-bond donors (Lipinski definition) is 1. The predicted octanol–water partition coefficient (Wildman–Crippen LogP) is 2.08. The normalized spacial score (nSPS) is 11.6. The second-order valence-electron chi connectivity index (χ2n) is 3.64. The molecule has 0 aliphatic heterocycles. The molecule has 0 aliphatic carbocycles. The van der Waals surface area contributed by atoms with Gasteiger partial charge in [0.05, 0.1) is 20.3 Å². The summed E-state index contributed by atoms with van der Waals surface area (Å²) < 4.78 is 10.4. The summed E-state index contributed by atoms with van der Waals surface area (Å²) in [5.74, 6) is 1.39. The van der Waals surface area contributed by atoms with Gasteiger partial charge in [0, 0.05) is 18.0 Å². The van der Waals surface area contributed by atoms with Crippen molar-refractivity contribution in [2.75, 3.05) is 14.2 Å². The van der Waals surface area contributed by atoms with Crippen molar-refractivity contribution in [2.24, 2.45) is 0 Å². The molecule has 2 aromatic rings. The summed E-state index contributed by atoms with van der Waals surface area (Å²) in [5, 5.41) is 9.33. The van der Waals surface area contributed by atoms with E-state index in [-0.39, 0.29) is 0 Å². The topological polar surface area (TPSA) is 70.9 Å². The maximum Gasteiger partial charge on any atom is 0.133 e. The molecule has 0 amide bonds. The molecular weight excluding hydrogens is 230 g/mol. The number of benzene rings is 1. The largest absolute Gasteiger partial charge is 0.497 e. The first-order chi connectivity index (χ1) is 8.80. The Kier molecular flexibility index (Phi) is 3.49. The van der Waals surface area contributed by atoms with Crippen molar-refractivity contribution in [3.63, 3.8) is 0 Å². The van der Waals surface area contributed by atoms with E-state index in [4.69, 9.17) is 9.47 Å². The van der Waals surface area contributed by atoms with Crippen molar-refractivity contribution in [1.82, 2.24) is 9.97 Å². The molecule has 0 spiro atoms. The molecule has 0 saturated carbocycles. The Morgan fingerprint density at radius 2 is 2.17 bits per heavy atom. The fraction of sp³-hybridized carbons (Fsp3) is 0.231. The predicted molar refractivity (Wildman–Crippen MR) is 65.6 cm³/mol. The number of aromatic nitrogens is 2. The van der Waals surface area contributed by atoms with E-state index in [1.165, 1.54) is 0 Å². The number of nitriles is 1. The fourth-order valence-electron chi connectivity index (χ4n) is 1.78. The number of rotatable bonds is 4. The molecule has 1 atom stereocenters. The van der Waals surface area contributed by atoms with Crippen molar-refractivity contribution in [1.29, 1.82) is 5.26 Å². The molecule has 1 N–H and O–H groups in total. The zero-order chi connectivity index (χ0) is 13.0. The van der Waals surface area contributed by atoms with Crippen LogP contribution in [-0.2, 0) is 0 Å². The van der Waals surface area contributed by atoms with Crippen LogP contribution >= 0.6 is 0 Å². The smallest absolute Gasteiger partial charge is 0.133 e. The van der Waals surface area contributed by atoms with E-state index in [0.717, 1.165) is 5.56 Å². The van der Waals surface area contributed by atoms with Crippen molar-refractivity contribution in [3.8, 4) is 17.6 Å². The first-order valence-corrected chi connectivity index (χ1v) is 5.41. The minimum atomic E-state index is -0.509. The second-order valence-corrected chi connectivity index (χ2v) is 3.64. The average Bonchev–Trinajstić information content (AvgIpc) is 2.93. The summed E-state index contributed by atoms with van der Waals surface area (Å²) in [4.78, 5) is 7.07. The van der Waals surface area contributed by atoms with Crippen LogP contribution in [0, 0.1) is 11.3 Å². The molecule has 92 valence electrons. The third-order valence-corrected chi connectivity index (χ3v) is 2.67. The number of hydrogen-bond acceptors (Lipinski definition) is 4. The van der Waals surface area contributed by atoms with Gasteiger partial charge >= 0.3 is 0 Å². The van der Waals surface area contributed by atoms with Crippen LogP contribution < -0.4 is 9.47 Å². The Morgan fingerprint density at radius 1 is 1.33 bits per heavy atom. The number of nitrogens with zero attached hydrogens (tertiary/aromatic N) is 2. The standard InChI is InChI=1S/C13H13N3O2/c1-17-9-3-4-12(18-2)10(7-9)11(8-14)13-15-5-6-16-13/h3-7,11H,1-2H3,(H,15,16). The Bertz CT molecular complexity index is 558. The monoisotopic (exact) mass is 243 g/mol. The first kappa shape index (κ1) is 12.0. The molecule has 0 saturated heterocycles. The molecule has 18 heavy (non-hydrogen) atoms. The Hall–Kier alpha value is -2.48. The molecule has 1 aromatic heterocycles. The van der Waals surface area contributed by atoms with E-state index in [1.807, 2.05) is 0 Å². The Balaban J connectivity index is 2.50. The lowest BCUT2D eigenvalue weighted by Crippen LogP contribution is -2.03. The number of imidazole rings is 1. The lowest BCUT2D eigenvalue weighted by molar-refractivity contribution is 0.398. The van der Waals surface area contributed by atoms with Crippen LogP contribution in [0.2, 0.25) is 0 Å². The van der Waals surface area contributed by atoms with Gasteiger partial charge in [0.1, 0.15) is 23.2 Å². The number of aromatic amines is 1. The second kappa shape index (κ2) is 5.23. The van der Waals surface area contributed by atoms with Crippen molar-refractivity contribution >= 4 is 0 Å². The molecule has 0 fully saturated rings. The van der Waals surface area contributed by atoms with Crippen LogP contribution in [0.1, 0.15) is 17.3 Å². The third-order valence-electron chi connectivity index (χ3n) is 2.67. The van der Waals surface area contributed by atoms with Gasteiger partial charge in [-0.05, 0) is 18.2 Å². The molecule has 0 aliphatic rings. The van der Waals surface area contributed by atoms with E-state index in [2.05, 4.69) is 16.0 Å². The lowest BCUT2D eigenvalue weighted by atomic mass is 9.98.